The molecule has 0 aliphatic heterocycles. The van der Waals surface area contributed by atoms with Gasteiger partial charge in [0.1, 0.15) is 5.75 Å². The van der Waals surface area contributed by atoms with Crippen molar-refractivity contribution in [3.8, 4) is 5.75 Å². The number of hydrogen-bond acceptors (Lipinski definition) is 2. The Bertz CT molecular complexity index is 563. The maximum absolute atomic E-state index is 10.8. The number of halogens is 1. The molecule has 16 heavy (non-hydrogen) atoms. The van der Waals surface area contributed by atoms with Crippen LogP contribution in [-0.4, -0.2) is 18.2 Å². The van der Waals surface area contributed by atoms with E-state index in [1.165, 1.54) is 0 Å². The Kier molecular flexibility index (Phi) is 2.71. The van der Waals surface area contributed by atoms with Crippen LogP contribution in [0.25, 0.3) is 10.8 Å². The van der Waals surface area contributed by atoms with Crippen LogP contribution in [0.1, 0.15) is 10.4 Å². The number of ether oxygens (including phenoxy) is 1. The normalized spacial score (nSPS) is 10.4. The Labute approximate surface area is 97.2 Å². The third kappa shape index (κ3) is 1.82. The Morgan fingerprint density at radius 3 is 2.69 bits per heavy atom. The molecule has 0 unspecified atom stereocenters. The lowest BCUT2D eigenvalue weighted by molar-refractivity contribution is 0.0697. The van der Waals surface area contributed by atoms with Crippen molar-refractivity contribution in [2.75, 3.05) is 7.11 Å². The predicted octanol–water partition coefficient (Wildman–Crippen LogP) is 3.20. The first-order valence-corrected chi connectivity index (χ1v) is 5.00. The lowest BCUT2D eigenvalue weighted by Gasteiger charge is -2.05. The Hall–Kier alpha value is -1.74. The molecule has 82 valence electrons. The molecule has 2 aromatic carbocycles. The number of aromatic carboxylic acids is 1. The SMILES string of the molecule is COc1cc(Cl)c2cc(C(=O)O)ccc2c1. The molecular weight excluding hydrogens is 228 g/mol. The number of hydrogen-bond donors (Lipinski definition) is 1. The van der Waals surface area contributed by atoms with Gasteiger partial charge in [-0.15, -0.1) is 0 Å². The zero-order chi connectivity index (χ0) is 11.7. The van der Waals surface area contributed by atoms with E-state index in [1.54, 1.807) is 31.4 Å². The van der Waals surface area contributed by atoms with Crippen molar-refractivity contribution >= 4 is 28.3 Å². The fourth-order valence-electron chi connectivity index (χ4n) is 1.54. The molecule has 0 fully saturated rings. The van der Waals surface area contributed by atoms with Gasteiger partial charge in [0, 0.05) is 5.39 Å². The zero-order valence-electron chi connectivity index (χ0n) is 8.53. The van der Waals surface area contributed by atoms with Gasteiger partial charge in [-0.25, -0.2) is 4.79 Å². The molecule has 0 atom stereocenters. The fourth-order valence-corrected chi connectivity index (χ4v) is 1.81. The molecule has 0 heterocycles. The summed E-state index contributed by atoms with van der Waals surface area (Å²) in [6.45, 7) is 0. The molecular formula is C12H9ClO3. The highest BCUT2D eigenvalue weighted by Crippen LogP contribution is 2.29. The average Bonchev–Trinajstić information content (AvgIpc) is 2.28. The fraction of sp³-hybridized carbons (Fsp3) is 0.0833. The Morgan fingerprint density at radius 2 is 2.06 bits per heavy atom. The van der Waals surface area contributed by atoms with Crippen LogP contribution in [0.3, 0.4) is 0 Å². The smallest absolute Gasteiger partial charge is 0.335 e. The lowest BCUT2D eigenvalue weighted by Crippen LogP contribution is -1.95. The summed E-state index contributed by atoms with van der Waals surface area (Å²) in [5.41, 5.74) is 0.222. The molecule has 0 aromatic heterocycles. The topological polar surface area (TPSA) is 46.5 Å². The van der Waals surface area contributed by atoms with Gasteiger partial charge >= 0.3 is 5.97 Å². The van der Waals surface area contributed by atoms with Gasteiger partial charge in [0.05, 0.1) is 17.7 Å². The van der Waals surface area contributed by atoms with E-state index in [0.29, 0.717) is 16.2 Å². The highest BCUT2D eigenvalue weighted by atomic mass is 35.5. The second-order valence-corrected chi connectivity index (χ2v) is 3.76. The summed E-state index contributed by atoms with van der Waals surface area (Å²) in [6, 6.07) is 8.29. The van der Waals surface area contributed by atoms with Crippen molar-refractivity contribution in [1.29, 1.82) is 0 Å². The van der Waals surface area contributed by atoms with Gasteiger partial charge in [0.2, 0.25) is 0 Å². The second-order valence-electron chi connectivity index (χ2n) is 3.35. The Balaban J connectivity index is 2.70. The molecule has 2 rings (SSSR count). The maximum Gasteiger partial charge on any atom is 0.335 e. The molecule has 0 bridgehead atoms. The minimum atomic E-state index is -0.964. The minimum absolute atomic E-state index is 0.222. The predicted molar refractivity (Wildman–Crippen MR) is 62.5 cm³/mol. The van der Waals surface area contributed by atoms with Crippen molar-refractivity contribution in [3.63, 3.8) is 0 Å². The molecule has 1 N–H and O–H groups in total. The first-order chi connectivity index (χ1) is 7.61. The van der Waals surface area contributed by atoms with Crippen LogP contribution in [0.5, 0.6) is 5.75 Å². The van der Waals surface area contributed by atoms with Crippen LogP contribution >= 0.6 is 11.6 Å². The molecule has 2 aromatic rings. The van der Waals surface area contributed by atoms with E-state index in [0.717, 1.165) is 5.39 Å². The van der Waals surface area contributed by atoms with Crippen LogP contribution in [0.2, 0.25) is 5.02 Å². The van der Waals surface area contributed by atoms with Crippen molar-refractivity contribution in [1.82, 2.24) is 0 Å². The molecule has 0 aliphatic rings. The van der Waals surface area contributed by atoms with E-state index in [2.05, 4.69) is 0 Å². The quantitative estimate of drug-likeness (QED) is 0.871. The number of carbonyl (C=O) groups is 1. The van der Waals surface area contributed by atoms with Crippen LogP contribution in [0.4, 0.5) is 0 Å². The number of rotatable bonds is 2. The van der Waals surface area contributed by atoms with E-state index >= 15 is 0 Å². The summed E-state index contributed by atoms with van der Waals surface area (Å²) in [7, 11) is 1.56. The summed E-state index contributed by atoms with van der Waals surface area (Å²) in [5.74, 6) is -0.311. The highest BCUT2D eigenvalue weighted by molar-refractivity contribution is 6.35. The molecule has 0 radical (unpaired) electrons. The van der Waals surface area contributed by atoms with Crippen molar-refractivity contribution in [2.24, 2.45) is 0 Å². The van der Waals surface area contributed by atoms with Crippen molar-refractivity contribution in [3.05, 3.63) is 40.9 Å². The van der Waals surface area contributed by atoms with Gasteiger partial charge < -0.3 is 9.84 Å². The largest absolute Gasteiger partial charge is 0.497 e. The lowest BCUT2D eigenvalue weighted by atomic mass is 10.1. The van der Waals surface area contributed by atoms with Gasteiger partial charge in [-0.05, 0) is 29.7 Å². The van der Waals surface area contributed by atoms with Gasteiger partial charge in [-0.3, -0.25) is 0 Å². The first-order valence-electron chi connectivity index (χ1n) is 4.62. The molecule has 0 saturated heterocycles. The summed E-state index contributed by atoms with van der Waals surface area (Å²) < 4.78 is 5.08. The van der Waals surface area contributed by atoms with E-state index in [1.807, 2.05) is 6.07 Å². The summed E-state index contributed by atoms with van der Waals surface area (Å²) in [4.78, 5) is 10.8. The van der Waals surface area contributed by atoms with Crippen LogP contribution in [0.15, 0.2) is 30.3 Å². The van der Waals surface area contributed by atoms with Gasteiger partial charge in [0.25, 0.3) is 0 Å². The molecule has 0 amide bonds. The number of fused-ring (bicyclic) bond motifs is 1. The van der Waals surface area contributed by atoms with Crippen molar-refractivity contribution < 1.29 is 14.6 Å². The van der Waals surface area contributed by atoms with Gasteiger partial charge in [-0.1, -0.05) is 17.7 Å². The van der Waals surface area contributed by atoms with Crippen LogP contribution in [-0.2, 0) is 0 Å². The number of methoxy groups -OCH3 is 1. The van der Waals surface area contributed by atoms with Gasteiger partial charge in [0.15, 0.2) is 0 Å². The number of benzene rings is 2. The molecule has 3 nitrogen and oxygen atoms in total. The standard InChI is InChI=1S/C12H9ClO3/c1-16-9-4-7-2-3-8(12(14)15)5-10(7)11(13)6-9/h2-6H,1H3,(H,14,15). The molecule has 4 heteroatoms. The molecule has 0 spiro atoms. The minimum Gasteiger partial charge on any atom is -0.497 e. The van der Waals surface area contributed by atoms with E-state index < -0.39 is 5.97 Å². The van der Waals surface area contributed by atoms with E-state index in [9.17, 15) is 4.79 Å². The zero-order valence-corrected chi connectivity index (χ0v) is 9.28. The van der Waals surface area contributed by atoms with Gasteiger partial charge in [-0.2, -0.15) is 0 Å². The van der Waals surface area contributed by atoms with E-state index in [4.69, 9.17) is 21.4 Å². The van der Waals surface area contributed by atoms with Crippen molar-refractivity contribution in [2.45, 2.75) is 0 Å². The molecule has 0 saturated carbocycles. The van der Waals surface area contributed by atoms with Crippen LogP contribution in [0, 0.1) is 0 Å². The maximum atomic E-state index is 10.8. The highest BCUT2D eigenvalue weighted by Gasteiger charge is 2.07. The number of carboxylic acid groups (broad SMARTS) is 1. The summed E-state index contributed by atoms with van der Waals surface area (Å²) in [5, 5.41) is 10.9. The third-order valence-corrected chi connectivity index (χ3v) is 2.67. The average molecular weight is 237 g/mol. The molecule has 0 aliphatic carbocycles. The van der Waals surface area contributed by atoms with E-state index in [-0.39, 0.29) is 5.56 Å². The summed E-state index contributed by atoms with van der Waals surface area (Å²) in [6.07, 6.45) is 0. The van der Waals surface area contributed by atoms with Crippen LogP contribution < -0.4 is 4.74 Å². The number of carboxylic acids is 1. The summed E-state index contributed by atoms with van der Waals surface area (Å²) >= 11 is 6.04. The Morgan fingerprint density at radius 1 is 1.31 bits per heavy atom. The first kappa shape index (κ1) is 10.8. The monoisotopic (exact) mass is 236 g/mol. The second kappa shape index (κ2) is 4.02. The third-order valence-electron chi connectivity index (χ3n) is 2.36.